The molecule has 39 heavy (non-hydrogen) atoms. The van der Waals surface area contributed by atoms with Gasteiger partial charge in [-0.15, -0.1) is 11.3 Å². The van der Waals surface area contributed by atoms with E-state index in [1.165, 1.54) is 34.6 Å². The van der Waals surface area contributed by atoms with Crippen LogP contribution in [0.3, 0.4) is 0 Å². The van der Waals surface area contributed by atoms with Crippen molar-refractivity contribution in [3.8, 4) is 5.75 Å². The van der Waals surface area contributed by atoms with Crippen molar-refractivity contribution in [2.45, 2.75) is 9.10 Å². The van der Waals surface area contributed by atoms with E-state index in [2.05, 4.69) is 10.0 Å². The van der Waals surface area contributed by atoms with Crippen LogP contribution in [0, 0.1) is 0 Å². The molecule has 0 spiro atoms. The number of carbonyl (C=O) groups excluding carboxylic acids is 2. The summed E-state index contributed by atoms with van der Waals surface area (Å²) in [5.74, 6) is -2.43. The Kier molecular flexibility index (Phi) is 8.78. The van der Waals surface area contributed by atoms with E-state index in [9.17, 15) is 31.5 Å². The standard InChI is InChI=1S/C23H22ClN3O9S3/c24-18-5-4-16(39(33,34)27-7-9-35-10-8-27)13-19(18)25-21(29)14-36-23(30)17-12-15(3-6-20(17)28)26-38(31,32)22-2-1-11-37-22/h1-6,11-13,26,28H,7-10,14H2,(H,25,29). The number of nitrogens with zero attached hydrogens (tertiary/aromatic N) is 1. The number of amides is 1. The number of ether oxygens (including phenoxy) is 2. The van der Waals surface area contributed by atoms with Crippen LogP contribution in [0.5, 0.6) is 5.75 Å². The van der Waals surface area contributed by atoms with Gasteiger partial charge in [-0.25, -0.2) is 21.6 Å². The first-order valence-electron chi connectivity index (χ1n) is 11.2. The van der Waals surface area contributed by atoms with Gasteiger partial charge in [0.25, 0.3) is 15.9 Å². The molecule has 3 N–H and O–H groups in total. The van der Waals surface area contributed by atoms with Gasteiger partial charge in [-0.05, 0) is 47.8 Å². The largest absolute Gasteiger partial charge is 0.507 e. The Morgan fingerprint density at radius 1 is 1.08 bits per heavy atom. The fraction of sp³-hybridized carbons (Fsp3) is 0.217. The Labute approximate surface area is 233 Å². The topological polar surface area (TPSA) is 168 Å². The lowest BCUT2D eigenvalue weighted by molar-refractivity contribution is -0.119. The minimum atomic E-state index is -3.91. The van der Waals surface area contributed by atoms with Crippen LogP contribution in [0.15, 0.2) is 63.0 Å². The van der Waals surface area contributed by atoms with E-state index in [1.54, 1.807) is 11.4 Å². The van der Waals surface area contributed by atoms with E-state index >= 15 is 0 Å². The van der Waals surface area contributed by atoms with Crippen molar-refractivity contribution in [2.24, 2.45) is 0 Å². The molecule has 1 amide bonds. The highest BCUT2D eigenvalue weighted by atomic mass is 35.5. The monoisotopic (exact) mass is 615 g/mol. The van der Waals surface area contributed by atoms with Crippen LogP contribution < -0.4 is 10.0 Å². The molecule has 0 saturated carbocycles. The van der Waals surface area contributed by atoms with Crippen molar-refractivity contribution in [3.05, 3.63) is 64.5 Å². The van der Waals surface area contributed by atoms with Crippen LogP contribution in [0.2, 0.25) is 5.02 Å². The van der Waals surface area contributed by atoms with Gasteiger partial charge in [0.05, 0.1) is 28.8 Å². The van der Waals surface area contributed by atoms with Crippen molar-refractivity contribution in [3.63, 3.8) is 0 Å². The summed E-state index contributed by atoms with van der Waals surface area (Å²) in [5, 5.41) is 14.1. The maximum Gasteiger partial charge on any atom is 0.342 e. The third-order valence-corrected chi connectivity index (χ3v) is 10.4. The second-order valence-electron chi connectivity index (χ2n) is 8.05. The number of aromatic hydroxyl groups is 1. The third kappa shape index (κ3) is 6.87. The van der Waals surface area contributed by atoms with Crippen LogP contribution in [-0.4, -0.2) is 71.0 Å². The van der Waals surface area contributed by atoms with Crippen LogP contribution in [0.1, 0.15) is 10.4 Å². The van der Waals surface area contributed by atoms with Crippen LogP contribution >= 0.6 is 22.9 Å². The molecule has 1 fully saturated rings. The lowest BCUT2D eigenvalue weighted by atomic mass is 10.2. The Morgan fingerprint density at radius 2 is 1.82 bits per heavy atom. The zero-order valence-electron chi connectivity index (χ0n) is 20.0. The summed E-state index contributed by atoms with van der Waals surface area (Å²) in [7, 11) is -7.76. The van der Waals surface area contributed by atoms with Crippen molar-refractivity contribution < 1.29 is 41.0 Å². The van der Waals surface area contributed by atoms with Gasteiger partial charge in [0.15, 0.2) is 6.61 Å². The Bertz CT molecular complexity index is 1590. The highest BCUT2D eigenvalue weighted by molar-refractivity contribution is 7.94. The van der Waals surface area contributed by atoms with Crippen LogP contribution in [-0.2, 0) is 34.3 Å². The highest BCUT2D eigenvalue weighted by Gasteiger charge is 2.27. The summed E-state index contributed by atoms with van der Waals surface area (Å²) < 4.78 is 64.4. The van der Waals surface area contributed by atoms with Gasteiger partial charge in [0, 0.05) is 18.8 Å². The molecule has 0 unspecified atom stereocenters. The lowest BCUT2D eigenvalue weighted by Gasteiger charge is -2.26. The first kappa shape index (κ1) is 28.8. The molecular weight excluding hydrogens is 594 g/mol. The predicted molar refractivity (Wildman–Crippen MR) is 143 cm³/mol. The lowest BCUT2D eigenvalue weighted by Crippen LogP contribution is -2.40. The Hall–Kier alpha value is -3.21. The average Bonchev–Trinajstić information content (AvgIpc) is 3.46. The first-order valence-corrected chi connectivity index (χ1v) is 15.4. The molecular formula is C23H22ClN3O9S3. The smallest absolute Gasteiger partial charge is 0.342 e. The molecule has 12 nitrogen and oxygen atoms in total. The molecule has 1 saturated heterocycles. The Balaban J connectivity index is 1.41. The molecule has 0 aliphatic carbocycles. The molecule has 0 atom stereocenters. The summed E-state index contributed by atoms with van der Waals surface area (Å²) in [4.78, 5) is 24.9. The number of hydrogen-bond donors (Lipinski definition) is 3. The van der Waals surface area contributed by atoms with E-state index < -0.39 is 44.3 Å². The van der Waals surface area contributed by atoms with Gasteiger partial charge in [-0.3, -0.25) is 9.52 Å². The number of anilines is 2. The number of morpholine rings is 1. The maximum atomic E-state index is 12.9. The molecule has 0 radical (unpaired) electrons. The number of halogens is 1. The molecule has 0 bridgehead atoms. The fourth-order valence-electron chi connectivity index (χ4n) is 3.48. The predicted octanol–water partition coefficient (Wildman–Crippen LogP) is 2.72. The molecule has 2 aromatic carbocycles. The summed E-state index contributed by atoms with van der Waals surface area (Å²) in [5.41, 5.74) is -0.409. The molecule has 208 valence electrons. The summed E-state index contributed by atoms with van der Waals surface area (Å²) in [6.07, 6.45) is 0. The van der Waals surface area contributed by atoms with Gasteiger partial charge < -0.3 is 19.9 Å². The number of phenolic OH excluding ortho intramolecular Hbond substituents is 1. The Morgan fingerprint density at radius 3 is 2.51 bits per heavy atom. The molecule has 1 aliphatic rings. The molecule has 1 aliphatic heterocycles. The van der Waals surface area contributed by atoms with Gasteiger partial charge in [-0.2, -0.15) is 4.31 Å². The number of nitrogens with one attached hydrogen (secondary N) is 2. The maximum absolute atomic E-state index is 12.9. The molecule has 16 heteroatoms. The van der Waals surface area contributed by atoms with E-state index in [-0.39, 0.29) is 57.4 Å². The molecule has 1 aromatic heterocycles. The van der Waals surface area contributed by atoms with Gasteiger partial charge >= 0.3 is 5.97 Å². The highest BCUT2D eigenvalue weighted by Crippen LogP contribution is 2.28. The summed E-state index contributed by atoms with van der Waals surface area (Å²) in [6.45, 7) is 0.0972. The molecule has 4 rings (SSSR count). The normalized spacial score (nSPS) is 14.5. The van der Waals surface area contributed by atoms with E-state index in [1.807, 2.05) is 0 Å². The number of benzene rings is 2. The summed E-state index contributed by atoms with van der Waals surface area (Å²) >= 11 is 7.12. The number of phenols is 1. The fourth-order valence-corrected chi connectivity index (χ4v) is 7.12. The van der Waals surface area contributed by atoms with Gasteiger partial charge in [-0.1, -0.05) is 17.7 Å². The minimum Gasteiger partial charge on any atom is -0.507 e. The van der Waals surface area contributed by atoms with E-state index in [4.69, 9.17) is 21.1 Å². The zero-order chi connectivity index (χ0) is 28.2. The van der Waals surface area contributed by atoms with E-state index in [0.29, 0.717) is 0 Å². The zero-order valence-corrected chi connectivity index (χ0v) is 23.2. The molecule has 3 aromatic rings. The number of hydrogen-bond acceptors (Lipinski definition) is 10. The van der Waals surface area contributed by atoms with Crippen molar-refractivity contribution in [1.82, 2.24) is 4.31 Å². The van der Waals surface area contributed by atoms with Gasteiger partial charge in [0.1, 0.15) is 15.5 Å². The van der Waals surface area contributed by atoms with E-state index in [0.717, 1.165) is 23.5 Å². The third-order valence-electron chi connectivity index (χ3n) is 5.38. The summed E-state index contributed by atoms with van der Waals surface area (Å²) in [6, 6.07) is 10.2. The number of esters is 1. The van der Waals surface area contributed by atoms with Crippen molar-refractivity contribution >= 4 is 66.2 Å². The number of carbonyl (C=O) groups is 2. The first-order chi connectivity index (χ1) is 18.5. The van der Waals surface area contributed by atoms with Crippen molar-refractivity contribution in [2.75, 3.05) is 42.9 Å². The van der Waals surface area contributed by atoms with Crippen LogP contribution in [0.4, 0.5) is 11.4 Å². The SMILES string of the molecule is O=C(COC(=O)c1cc(NS(=O)(=O)c2cccs2)ccc1O)Nc1cc(S(=O)(=O)N2CCOCC2)ccc1Cl. The second-order valence-corrected chi connectivity index (χ2v) is 13.3. The minimum absolute atomic E-state index is 0.0114. The van der Waals surface area contributed by atoms with Crippen molar-refractivity contribution in [1.29, 1.82) is 0 Å². The van der Waals surface area contributed by atoms with Gasteiger partial charge in [0.2, 0.25) is 10.0 Å². The number of rotatable bonds is 9. The average molecular weight is 616 g/mol. The van der Waals surface area contributed by atoms with Crippen LogP contribution in [0.25, 0.3) is 0 Å². The number of sulfonamides is 2. The molecule has 2 heterocycles. The number of thiophene rings is 1. The quantitative estimate of drug-likeness (QED) is 0.242. The second kappa shape index (κ2) is 11.9.